The molecule has 1 saturated carbocycles. The van der Waals surface area contributed by atoms with E-state index in [0.717, 1.165) is 17.5 Å². The Bertz CT molecular complexity index is 1510. The van der Waals surface area contributed by atoms with E-state index in [1.165, 1.54) is 29.5 Å². The topological polar surface area (TPSA) is 122 Å². The van der Waals surface area contributed by atoms with Gasteiger partial charge < -0.3 is 15.4 Å². The minimum absolute atomic E-state index is 0.0425. The van der Waals surface area contributed by atoms with E-state index in [1.807, 2.05) is 11.4 Å². The maximum atomic E-state index is 12.4. The Morgan fingerprint density at radius 1 is 1.09 bits per heavy atom. The summed E-state index contributed by atoms with van der Waals surface area (Å²) >= 11 is 1.45. The SMILES string of the molecule is C=CC(=O)Nc1cccc(Oc2nc(Nc3ccc(S(=O)(=O)NC4CC4)cc3)nc3ccsc23)c1. The largest absolute Gasteiger partial charge is 0.437 e. The molecule has 0 aliphatic heterocycles. The van der Waals surface area contributed by atoms with Gasteiger partial charge in [0.05, 0.1) is 10.4 Å². The summed E-state index contributed by atoms with van der Waals surface area (Å²) in [4.78, 5) is 20.9. The first kappa shape index (κ1) is 23.0. The number of carbonyl (C=O) groups is 1. The van der Waals surface area contributed by atoms with Crippen LogP contribution in [0.1, 0.15) is 12.8 Å². The van der Waals surface area contributed by atoms with Crippen LogP contribution in [0.2, 0.25) is 0 Å². The average molecular weight is 508 g/mol. The zero-order chi connectivity index (χ0) is 24.4. The molecule has 2 aromatic heterocycles. The highest BCUT2D eigenvalue weighted by atomic mass is 32.2. The molecule has 1 aliphatic carbocycles. The van der Waals surface area contributed by atoms with Crippen molar-refractivity contribution < 1.29 is 17.9 Å². The van der Waals surface area contributed by atoms with E-state index >= 15 is 0 Å². The van der Waals surface area contributed by atoms with Gasteiger partial charge in [0, 0.05) is 23.5 Å². The van der Waals surface area contributed by atoms with Crippen LogP contribution in [-0.4, -0.2) is 30.3 Å². The number of rotatable bonds is 9. The van der Waals surface area contributed by atoms with E-state index in [1.54, 1.807) is 36.4 Å². The molecule has 178 valence electrons. The highest BCUT2D eigenvalue weighted by Gasteiger charge is 2.27. The van der Waals surface area contributed by atoms with Gasteiger partial charge in [0.25, 0.3) is 0 Å². The number of benzene rings is 2. The Morgan fingerprint density at radius 2 is 1.89 bits per heavy atom. The number of nitrogens with zero attached hydrogens (tertiary/aromatic N) is 2. The molecule has 1 fully saturated rings. The molecule has 35 heavy (non-hydrogen) atoms. The average Bonchev–Trinajstić information content (AvgIpc) is 3.51. The van der Waals surface area contributed by atoms with Crippen LogP contribution in [0.4, 0.5) is 17.3 Å². The summed E-state index contributed by atoms with van der Waals surface area (Å²) in [6.07, 6.45) is 2.94. The molecular weight excluding hydrogens is 486 g/mol. The number of carbonyl (C=O) groups excluding carboxylic acids is 1. The number of anilines is 3. The number of sulfonamides is 1. The first-order chi connectivity index (χ1) is 16.9. The molecule has 2 aromatic carbocycles. The fourth-order valence-electron chi connectivity index (χ4n) is 3.24. The van der Waals surface area contributed by atoms with Crippen LogP contribution in [0, 0.1) is 0 Å². The van der Waals surface area contributed by atoms with E-state index < -0.39 is 10.0 Å². The van der Waals surface area contributed by atoms with Gasteiger partial charge in [-0.15, -0.1) is 11.3 Å². The van der Waals surface area contributed by atoms with Crippen molar-refractivity contribution in [3.05, 3.63) is 72.6 Å². The highest BCUT2D eigenvalue weighted by molar-refractivity contribution is 7.89. The second-order valence-corrected chi connectivity index (χ2v) is 10.5. The van der Waals surface area contributed by atoms with Crippen LogP contribution in [0.3, 0.4) is 0 Å². The summed E-state index contributed by atoms with van der Waals surface area (Å²) in [5.74, 6) is 0.823. The van der Waals surface area contributed by atoms with Crippen molar-refractivity contribution in [1.29, 1.82) is 0 Å². The normalized spacial score (nSPS) is 13.4. The number of hydrogen-bond acceptors (Lipinski definition) is 8. The van der Waals surface area contributed by atoms with Gasteiger partial charge in [-0.1, -0.05) is 12.6 Å². The fraction of sp³-hybridized carbons (Fsp3) is 0.125. The first-order valence-electron chi connectivity index (χ1n) is 10.8. The predicted molar refractivity (Wildman–Crippen MR) is 136 cm³/mol. The zero-order valence-corrected chi connectivity index (χ0v) is 20.0. The van der Waals surface area contributed by atoms with Crippen molar-refractivity contribution in [1.82, 2.24) is 14.7 Å². The predicted octanol–water partition coefficient (Wildman–Crippen LogP) is 4.79. The molecule has 3 N–H and O–H groups in total. The highest BCUT2D eigenvalue weighted by Crippen LogP contribution is 2.34. The van der Waals surface area contributed by atoms with Gasteiger partial charge in [0.2, 0.25) is 27.8 Å². The number of amides is 1. The number of fused-ring (bicyclic) bond motifs is 1. The monoisotopic (exact) mass is 507 g/mol. The molecule has 0 bridgehead atoms. The van der Waals surface area contributed by atoms with Crippen LogP contribution in [0.15, 0.2) is 77.5 Å². The molecule has 0 atom stereocenters. The van der Waals surface area contributed by atoms with Gasteiger partial charge in [-0.05, 0) is 66.8 Å². The number of thiophene rings is 1. The molecule has 0 spiro atoms. The molecular formula is C24H21N5O4S2. The number of hydrogen-bond donors (Lipinski definition) is 3. The lowest BCUT2D eigenvalue weighted by molar-refractivity contribution is -0.111. The lowest BCUT2D eigenvalue weighted by Crippen LogP contribution is -2.25. The Morgan fingerprint density at radius 3 is 2.63 bits per heavy atom. The van der Waals surface area contributed by atoms with Crippen LogP contribution < -0.4 is 20.1 Å². The fourth-order valence-corrected chi connectivity index (χ4v) is 5.30. The third kappa shape index (κ3) is 5.48. The summed E-state index contributed by atoms with van der Waals surface area (Å²) < 4.78 is 34.3. The van der Waals surface area contributed by atoms with E-state index in [2.05, 4.69) is 31.9 Å². The third-order valence-corrected chi connectivity index (χ3v) is 7.52. The molecule has 11 heteroatoms. The minimum atomic E-state index is -3.52. The van der Waals surface area contributed by atoms with Gasteiger partial charge in [0.15, 0.2) is 0 Å². The minimum Gasteiger partial charge on any atom is -0.437 e. The van der Waals surface area contributed by atoms with E-state index in [9.17, 15) is 13.2 Å². The zero-order valence-electron chi connectivity index (χ0n) is 18.4. The van der Waals surface area contributed by atoms with Crippen LogP contribution in [0.25, 0.3) is 10.2 Å². The van der Waals surface area contributed by atoms with Gasteiger partial charge in [-0.25, -0.2) is 18.1 Å². The van der Waals surface area contributed by atoms with Crippen molar-refractivity contribution in [2.75, 3.05) is 10.6 Å². The first-order valence-corrected chi connectivity index (χ1v) is 13.1. The summed E-state index contributed by atoms with van der Waals surface area (Å²) in [5.41, 5.74) is 1.89. The summed E-state index contributed by atoms with van der Waals surface area (Å²) in [7, 11) is -3.52. The Balaban J connectivity index is 1.37. The van der Waals surface area contributed by atoms with Crippen molar-refractivity contribution in [2.45, 2.75) is 23.8 Å². The molecule has 0 saturated heterocycles. The summed E-state index contributed by atoms with van der Waals surface area (Å²) in [6.45, 7) is 3.45. The molecule has 0 radical (unpaired) electrons. The van der Waals surface area contributed by atoms with Crippen molar-refractivity contribution in [3.63, 3.8) is 0 Å². The second kappa shape index (κ2) is 9.45. The van der Waals surface area contributed by atoms with Gasteiger partial charge in [-0.3, -0.25) is 4.79 Å². The van der Waals surface area contributed by atoms with Gasteiger partial charge in [-0.2, -0.15) is 4.98 Å². The maximum absolute atomic E-state index is 12.4. The van der Waals surface area contributed by atoms with Crippen LogP contribution >= 0.6 is 11.3 Å². The quantitative estimate of drug-likeness (QED) is 0.278. The Labute approximate surface area is 205 Å². The smallest absolute Gasteiger partial charge is 0.247 e. The number of nitrogens with one attached hydrogen (secondary N) is 3. The number of ether oxygens (including phenoxy) is 1. The molecule has 1 amide bonds. The summed E-state index contributed by atoms with van der Waals surface area (Å²) in [5, 5.41) is 7.70. The van der Waals surface area contributed by atoms with E-state index in [4.69, 9.17) is 4.74 Å². The molecule has 4 aromatic rings. The van der Waals surface area contributed by atoms with Gasteiger partial charge >= 0.3 is 0 Å². The van der Waals surface area contributed by atoms with Crippen molar-refractivity contribution >= 4 is 54.8 Å². The van der Waals surface area contributed by atoms with Crippen LogP contribution in [0.5, 0.6) is 11.6 Å². The lowest BCUT2D eigenvalue weighted by atomic mass is 10.3. The lowest BCUT2D eigenvalue weighted by Gasteiger charge is -2.11. The number of aromatic nitrogens is 2. The van der Waals surface area contributed by atoms with Crippen LogP contribution in [-0.2, 0) is 14.8 Å². The van der Waals surface area contributed by atoms with Crippen molar-refractivity contribution in [3.8, 4) is 11.6 Å². The summed E-state index contributed by atoms with van der Waals surface area (Å²) in [6, 6.07) is 15.2. The molecule has 2 heterocycles. The third-order valence-electron chi connectivity index (χ3n) is 5.09. The van der Waals surface area contributed by atoms with E-state index in [0.29, 0.717) is 34.5 Å². The van der Waals surface area contributed by atoms with Crippen molar-refractivity contribution in [2.24, 2.45) is 0 Å². The standard InChI is InChI=1S/C24H21N5O4S2/c1-2-21(30)25-17-4-3-5-18(14-17)33-23-22-20(12-13-34-22)27-24(28-23)26-15-8-10-19(11-9-15)35(31,32)29-16-6-7-16/h2-5,8-14,16,29H,1,6-7H2,(H,25,30)(H,26,27,28). The van der Waals surface area contributed by atoms with E-state index in [-0.39, 0.29) is 16.8 Å². The Hall–Kier alpha value is -3.80. The molecule has 9 nitrogen and oxygen atoms in total. The molecule has 0 unspecified atom stereocenters. The maximum Gasteiger partial charge on any atom is 0.247 e. The molecule has 5 rings (SSSR count). The van der Waals surface area contributed by atoms with Gasteiger partial charge in [0.1, 0.15) is 10.4 Å². The molecule has 1 aliphatic rings. The Kier molecular flexibility index (Phi) is 6.20. The second-order valence-electron chi connectivity index (χ2n) is 7.86.